The van der Waals surface area contributed by atoms with Gasteiger partial charge in [-0.25, -0.2) is 0 Å². The zero-order valence-corrected chi connectivity index (χ0v) is 39.8. The third kappa shape index (κ3) is 11.8. The first-order valence-corrected chi connectivity index (χ1v) is 26.0. The van der Waals surface area contributed by atoms with E-state index < -0.39 is 39.2 Å². The van der Waals surface area contributed by atoms with Crippen molar-refractivity contribution in [2.24, 2.45) is 0 Å². The fourth-order valence-electron chi connectivity index (χ4n) is 9.77. The predicted molar refractivity (Wildman–Crippen MR) is 267 cm³/mol. The molecule has 1 aliphatic rings. The lowest BCUT2D eigenvalue weighted by Gasteiger charge is -2.62. The Morgan fingerprint density at radius 1 is 0.302 bits per heavy atom. The standard InChI is InChI=1S/C54H63O6P3/c1-55-34-37-58-43-52(61(46-22-10-4-11-23-46)47-24-12-5-13-25-47)40-53(44-59-38-35-56-2,62(48-26-14-6-15-27-48)49-28-16-7-17-29-49)42-54(41-52,45-60-39-36-57-3)63(50-30-18-8-19-31-50)51-32-20-9-21-33-51/h4-33H,34-45H2,1-3H3. The highest BCUT2D eigenvalue weighted by Crippen LogP contribution is 2.72. The molecule has 0 saturated heterocycles. The zero-order chi connectivity index (χ0) is 43.6. The smallest absolute Gasteiger partial charge is 0.0700 e. The summed E-state index contributed by atoms with van der Waals surface area (Å²) in [6.07, 6.45) is 2.62. The molecule has 0 spiro atoms. The van der Waals surface area contributed by atoms with E-state index in [9.17, 15) is 0 Å². The van der Waals surface area contributed by atoms with Crippen LogP contribution >= 0.6 is 23.8 Å². The Hall–Kier alpha value is -3.63. The highest BCUT2D eigenvalue weighted by Gasteiger charge is 2.63. The normalized spacial score (nSPS) is 20.1. The monoisotopic (exact) mass is 900 g/mol. The van der Waals surface area contributed by atoms with Crippen LogP contribution in [0.4, 0.5) is 0 Å². The number of benzene rings is 6. The molecule has 0 aromatic heterocycles. The van der Waals surface area contributed by atoms with E-state index in [0.29, 0.717) is 59.5 Å². The first kappa shape index (κ1) is 47.3. The SMILES string of the molecule is COCCOCC1(P(c2ccccc2)c2ccccc2)CC(COCCOC)(P(c2ccccc2)c2ccccc2)CC(COCCOC)(P(c2ccccc2)c2ccccc2)C1. The number of rotatable bonds is 24. The van der Waals surface area contributed by atoms with Crippen LogP contribution in [0.15, 0.2) is 182 Å². The molecule has 0 atom stereocenters. The summed E-state index contributed by atoms with van der Waals surface area (Å²) in [5.41, 5.74) is 0. The molecule has 63 heavy (non-hydrogen) atoms. The molecule has 0 unspecified atom stereocenters. The molecule has 6 nitrogen and oxygen atoms in total. The van der Waals surface area contributed by atoms with E-state index in [2.05, 4.69) is 182 Å². The lowest BCUT2D eigenvalue weighted by Crippen LogP contribution is -2.62. The average Bonchev–Trinajstić information content (AvgIpc) is 3.33. The Balaban J connectivity index is 1.61. The van der Waals surface area contributed by atoms with Crippen LogP contribution < -0.4 is 31.8 Å². The summed E-state index contributed by atoms with van der Waals surface area (Å²) in [6.45, 7) is 4.68. The molecule has 0 radical (unpaired) electrons. The van der Waals surface area contributed by atoms with Crippen molar-refractivity contribution >= 4 is 55.6 Å². The van der Waals surface area contributed by atoms with Crippen molar-refractivity contribution in [3.8, 4) is 0 Å². The summed E-state index contributed by atoms with van der Waals surface area (Å²) in [6, 6.07) is 67.6. The van der Waals surface area contributed by atoms with Gasteiger partial charge in [0.05, 0.1) is 59.5 Å². The molecule has 330 valence electrons. The number of hydrogen-bond donors (Lipinski definition) is 0. The van der Waals surface area contributed by atoms with Crippen LogP contribution in [0.5, 0.6) is 0 Å². The molecule has 0 N–H and O–H groups in total. The fourth-order valence-corrected chi connectivity index (χ4v) is 20.6. The third-order valence-corrected chi connectivity index (χ3v) is 21.0. The van der Waals surface area contributed by atoms with Gasteiger partial charge in [-0.1, -0.05) is 182 Å². The molecule has 0 bridgehead atoms. The molecule has 1 saturated carbocycles. The van der Waals surface area contributed by atoms with Gasteiger partial charge in [0.15, 0.2) is 0 Å². The van der Waals surface area contributed by atoms with E-state index >= 15 is 0 Å². The summed E-state index contributed by atoms with van der Waals surface area (Å²) < 4.78 is 38.2. The second kappa shape index (κ2) is 24.1. The van der Waals surface area contributed by atoms with Gasteiger partial charge in [-0.3, -0.25) is 0 Å². The van der Waals surface area contributed by atoms with Crippen LogP contribution in [-0.4, -0.2) is 96.3 Å². The zero-order valence-electron chi connectivity index (χ0n) is 37.1. The maximum Gasteiger partial charge on any atom is 0.0700 e. The van der Waals surface area contributed by atoms with E-state index in [-0.39, 0.29) is 0 Å². The molecule has 0 amide bonds. The van der Waals surface area contributed by atoms with Crippen LogP contribution in [0.1, 0.15) is 19.3 Å². The highest BCUT2D eigenvalue weighted by atomic mass is 31.1. The van der Waals surface area contributed by atoms with Gasteiger partial charge >= 0.3 is 0 Å². The van der Waals surface area contributed by atoms with Crippen molar-refractivity contribution in [2.75, 3.05) is 80.8 Å². The molecule has 6 aromatic rings. The van der Waals surface area contributed by atoms with E-state index in [4.69, 9.17) is 28.4 Å². The van der Waals surface area contributed by atoms with Crippen molar-refractivity contribution in [1.82, 2.24) is 0 Å². The van der Waals surface area contributed by atoms with Gasteiger partial charge < -0.3 is 28.4 Å². The minimum Gasteiger partial charge on any atom is -0.382 e. The summed E-state index contributed by atoms with van der Waals surface area (Å²) in [5.74, 6) is 0. The molecular formula is C54H63O6P3. The summed E-state index contributed by atoms with van der Waals surface area (Å²) >= 11 is 0. The molecule has 0 aliphatic heterocycles. The molecule has 7 rings (SSSR count). The molecular weight excluding hydrogens is 838 g/mol. The summed E-state index contributed by atoms with van der Waals surface area (Å²) in [4.78, 5) is 0. The van der Waals surface area contributed by atoms with Gasteiger partial charge in [0.25, 0.3) is 0 Å². The van der Waals surface area contributed by atoms with E-state index in [1.165, 1.54) is 31.8 Å². The minimum absolute atomic E-state index is 0.409. The van der Waals surface area contributed by atoms with Crippen LogP contribution in [0, 0.1) is 0 Å². The predicted octanol–water partition coefficient (Wildman–Crippen LogP) is 8.77. The Bertz CT molecular complexity index is 1790. The highest BCUT2D eigenvalue weighted by molar-refractivity contribution is 7.76. The van der Waals surface area contributed by atoms with Gasteiger partial charge in [0, 0.05) is 36.8 Å². The van der Waals surface area contributed by atoms with Gasteiger partial charge in [-0.15, -0.1) is 0 Å². The molecule has 6 aromatic carbocycles. The van der Waals surface area contributed by atoms with Gasteiger partial charge in [-0.05, 0) is 74.9 Å². The van der Waals surface area contributed by atoms with Crippen molar-refractivity contribution in [1.29, 1.82) is 0 Å². The Morgan fingerprint density at radius 3 is 0.667 bits per heavy atom. The van der Waals surface area contributed by atoms with Crippen molar-refractivity contribution in [3.63, 3.8) is 0 Å². The lowest BCUT2D eigenvalue weighted by atomic mass is 9.73. The average molecular weight is 901 g/mol. The van der Waals surface area contributed by atoms with Crippen molar-refractivity contribution < 1.29 is 28.4 Å². The van der Waals surface area contributed by atoms with Crippen LogP contribution in [0.25, 0.3) is 0 Å². The molecule has 0 heterocycles. The first-order valence-electron chi connectivity index (χ1n) is 22.0. The topological polar surface area (TPSA) is 55.4 Å². The Kier molecular flexibility index (Phi) is 18.1. The van der Waals surface area contributed by atoms with Gasteiger partial charge in [0.2, 0.25) is 0 Å². The van der Waals surface area contributed by atoms with Crippen molar-refractivity contribution in [2.45, 2.75) is 34.7 Å². The lowest BCUT2D eigenvalue weighted by molar-refractivity contribution is 0.00545. The van der Waals surface area contributed by atoms with Gasteiger partial charge in [-0.2, -0.15) is 0 Å². The van der Waals surface area contributed by atoms with Crippen molar-refractivity contribution in [3.05, 3.63) is 182 Å². The van der Waals surface area contributed by atoms with E-state index in [1.807, 2.05) is 0 Å². The maximum absolute atomic E-state index is 7.08. The number of hydrogen-bond acceptors (Lipinski definition) is 6. The molecule has 1 fully saturated rings. The first-order chi connectivity index (χ1) is 31.1. The molecule has 1 aliphatic carbocycles. The number of ether oxygens (including phenoxy) is 6. The summed E-state index contributed by atoms with van der Waals surface area (Å²) in [5, 5.41) is 6.81. The van der Waals surface area contributed by atoms with Crippen LogP contribution in [0.3, 0.4) is 0 Å². The van der Waals surface area contributed by atoms with E-state index in [1.54, 1.807) is 21.3 Å². The fraction of sp³-hybridized carbons (Fsp3) is 0.333. The second-order valence-electron chi connectivity index (χ2n) is 16.4. The third-order valence-electron chi connectivity index (χ3n) is 11.9. The van der Waals surface area contributed by atoms with Gasteiger partial charge in [0.1, 0.15) is 0 Å². The maximum atomic E-state index is 7.08. The Morgan fingerprint density at radius 2 is 0.492 bits per heavy atom. The largest absolute Gasteiger partial charge is 0.382 e. The second-order valence-corrected chi connectivity index (χ2v) is 24.3. The molecule has 9 heteroatoms. The van der Waals surface area contributed by atoms with Crippen LogP contribution in [0.2, 0.25) is 0 Å². The van der Waals surface area contributed by atoms with E-state index in [0.717, 1.165) is 19.3 Å². The Labute approximate surface area is 379 Å². The van der Waals surface area contributed by atoms with Crippen LogP contribution in [-0.2, 0) is 28.4 Å². The summed E-state index contributed by atoms with van der Waals surface area (Å²) in [7, 11) is 2.07. The quantitative estimate of drug-likeness (QED) is 0.0448. The minimum atomic E-state index is -1.07. The number of methoxy groups -OCH3 is 3.